The number of amides is 1. The molecule has 0 bridgehead atoms. The summed E-state index contributed by atoms with van der Waals surface area (Å²) in [5.41, 5.74) is 2.71. The Morgan fingerprint density at radius 1 is 1.23 bits per heavy atom. The van der Waals surface area contributed by atoms with Gasteiger partial charge in [0.05, 0.1) is 4.92 Å². The molecular formula is C23H22N4O4. The zero-order valence-electron chi connectivity index (χ0n) is 17.1. The topological polar surface area (TPSA) is 102 Å². The van der Waals surface area contributed by atoms with E-state index in [0.29, 0.717) is 23.8 Å². The zero-order valence-corrected chi connectivity index (χ0v) is 17.1. The molecule has 2 aromatic carbocycles. The fourth-order valence-corrected chi connectivity index (χ4v) is 3.69. The fraction of sp³-hybridized carbons (Fsp3) is 0.261. The molecule has 1 aliphatic rings. The van der Waals surface area contributed by atoms with Crippen LogP contribution in [0.25, 0.3) is 17.5 Å². The molecule has 158 valence electrons. The van der Waals surface area contributed by atoms with E-state index in [4.69, 9.17) is 4.52 Å². The number of piperidine rings is 1. The van der Waals surface area contributed by atoms with Crippen LogP contribution in [-0.4, -0.2) is 32.4 Å². The number of nitro groups is 1. The van der Waals surface area contributed by atoms with Gasteiger partial charge in [-0.25, -0.2) is 0 Å². The number of hydrogen-bond donors (Lipinski definition) is 0. The first-order valence-electron chi connectivity index (χ1n) is 10.1. The maximum Gasteiger partial charge on any atom is 0.269 e. The number of nitro benzene ring substituents is 1. The number of aryl methyl sites for hydroxylation is 1. The monoisotopic (exact) mass is 418 g/mol. The van der Waals surface area contributed by atoms with E-state index >= 15 is 0 Å². The molecule has 8 nitrogen and oxygen atoms in total. The number of nitrogens with zero attached hydrogens (tertiary/aromatic N) is 4. The third-order valence-electron chi connectivity index (χ3n) is 5.31. The molecule has 1 atom stereocenters. The van der Waals surface area contributed by atoms with Crippen molar-refractivity contribution in [2.24, 2.45) is 0 Å². The summed E-state index contributed by atoms with van der Waals surface area (Å²) in [4.78, 5) is 29.5. The fourth-order valence-electron chi connectivity index (χ4n) is 3.69. The van der Waals surface area contributed by atoms with Gasteiger partial charge in [-0.2, -0.15) is 4.98 Å². The van der Waals surface area contributed by atoms with Crippen LogP contribution in [0.2, 0.25) is 0 Å². The van der Waals surface area contributed by atoms with E-state index in [1.165, 1.54) is 18.2 Å². The summed E-state index contributed by atoms with van der Waals surface area (Å²) < 4.78 is 5.53. The first-order valence-corrected chi connectivity index (χ1v) is 10.1. The highest BCUT2D eigenvalue weighted by Gasteiger charge is 2.31. The van der Waals surface area contributed by atoms with E-state index in [1.54, 1.807) is 23.1 Å². The van der Waals surface area contributed by atoms with Gasteiger partial charge in [0.2, 0.25) is 17.6 Å². The van der Waals surface area contributed by atoms with Crippen molar-refractivity contribution in [1.82, 2.24) is 15.0 Å². The summed E-state index contributed by atoms with van der Waals surface area (Å²) in [6.07, 6.45) is 5.78. The van der Waals surface area contributed by atoms with Crippen LogP contribution in [0.15, 0.2) is 59.1 Å². The maximum absolute atomic E-state index is 12.9. The van der Waals surface area contributed by atoms with Crippen LogP contribution in [0.3, 0.4) is 0 Å². The van der Waals surface area contributed by atoms with Crippen LogP contribution in [0.1, 0.15) is 42.3 Å². The van der Waals surface area contributed by atoms with Gasteiger partial charge in [0.15, 0.2) is 0 Å². The highest BCUT2D eigenvalue weighted by molar-refractivity contribution is 5.92. The Bertz CT molecular complexity index is 1120. The molecule has 8 heteroatoms. The van der Waals surface area contributed by atoms with Crippen LogP contribution in [0.5, 0.6) is 0 Å². The average Bonchev–Trinajstić information content (AvgIpc) is 3.28. The molecule has 0 saturated carbocycles. The third-order valence-corrected chi connectivity index (χ3v) is 5.31. The van der Waals surface area contributed by atoms with E-state index in [2.05, 4.69) is 10.1 Å². The van der Waals surface area contributed by atoms with E-state index < -0.39 is 4.92 Å². The summed E-state index contributed by atoms with van der Waals surface area (Å²) >= 11 is 0. The van der Waals surface area contributed by atoms with Gasteiger partial charge in [-0.1, -0.05) is 28.9 Å². The molecule has 0 N–H and O–H groups in total. The average molecular weight is 418 g/mol. The minimum absolute atomic E-state index is 0.0142. The van der Waals surface area contributed by atoms with Crippen LogP contribution in [0.4, 0.5) is 5.69 Å². The van der Waals surface area contributed by atoms with Gasteiger partial charge >= 0.3 is 0 Å². The van der Waals surface area contributed by atoms with Crippen molar-refractivity contribution in [2.45, 2.75) is 32.2 Å². The van der Waals surface area contributed by atoms with Gasteiger partial charge in [0, 0.05) is 30.3 Å². The maximum atomic E-state index is 12.9. The quantitative estimate of drug-likeness (QED) is 0.337. The largest absolute Gasteiger partial charge is 0.337 e. The molecule has 3 aromatic rings. The Hall–Kier alpha value is -3.81. The van der Waals surface area contributed by atoms with Gasteiger partial charge in [0.1, 0.15) is 6.04 Å². The molecule has 1 aliphatic heterocycles. The Morgan fingerprint density at radius 3 is 2.77 bits per heavy atom. The van der Waals surface area contributed by atoms with E-state index in [-0.39, 0.29) is 17.6 Å². The lowest BCUT2D eigenvalue weighted by Gasteiger charge is -2.32. The number of rotatable bonds is 5. The standard InChI is InChI=1S/C23H22N4O4/c1-16-5-4-6-18(15-16)22-24-23(31-25-22)20-7-2-3-14-26(20)21(28)13-10-17-8-11-19(12-9-17)27(29)30/h4-6,8-13,15,20H,2-3,7,14H2,1H3/b13-10+/t20-/m0/s1. The van der Waals surface area contributed by atoms with Crippen LogP contribution in [0, 0.1) is 17.0 Å². The molecule has 4 rings (SSSR count). The minimum atomic E-state index is -0.452. The van der Waals surface area contributed by atoms with Crippen molar-refractivity contribution >= 4 is 17.7 Å². The molecule has 1 saturated heterocycles. The van der Waals surface area contributed by atoms with E-state index in [9.17, 15) is 14.9 Å². The molecule has 1 fully saturated rings. The second-order valence-corrected chi connectivity index (χ2v) is 7.55. The molecule has 1 amide bonds. The normalized spacial score (nSPS) is 16.5. The molecule has 1 aromatic heterocycles. The van der Waals surface area contributed by atoms with E-state index in [1.807, 2.05) is 31.2 Å². The van der Waals surface area contributed by atoms with Crippen LogP contribution in [-0.2, 0) is 4.79 Å². The van der Waals surface area contributed by atoms with Crippen molar-refractivity contribution in [3.8, 4) is 11.4 Å². The molecule has 0 aliphatic carbocycles. The Labute approximate surface area is 179 Å². The first kappa shape index (κ1) is 20.5. The lowest BCUT2D eigenvalue weighted by atomic mass is 10.0. The first-order chi connectivity index (χ1) is 15.0. The summed E-state index contributed by atoms with van der Waals surface area (Å²) in [6, 6.07) is 13.7. The van der Waals surface area contributed by atoms with Gasteiger partial charge < -0.3 is 9.42 Å². The van der Waals surface area contributed by atoms with Crippen LogP contribution >= 0.6 is 0 Å². The highest BCUT2D eigenvalue weighted by Crippen LogP contribution is 2.31. The van der Waals surface area contributed by atoms with E-state index in [0.717, 1.165) is 30.4 Å². The second kappa shape index (κ2) is 8.91. The lowest BCUT2D eigenvalue weighted by Crippen LogP contribution is -2.37. The predicted molar refractivity (Wildman–Crippen MR) is 115 cm³/mol. The summed E-state index contributed by atoms with van der Waals surface area (Å²) in [5.74, 6) is 0.796. The summed E-state index contributed by atoms with van der Waals surface area (Å²) in [6.45, 7) is 2.61. The number of benzene rings is 2. The summed E-state index contributed by atoms with van der Waals surface area (Å²) in [7, 11) is 0. The summed E-state index contributed by atoms with van der Waals surface area (Å²) in [5, 5.41) is 14.9. The number of carbonyl (C=O) groups is 1. The molecular weight excluding hydrogens is 396 g/mol. The predicted octanol–water partition coefficient (Wildman–Crippen LogP) is 4.72. The molecule has 0 unspecified atom stereocenters. The minimum Gasteiger partial charge on any atom is -0.337 e. The van der Waals surface area contributed by atoms with Crippen LogP contribution < -0.4 is 0 Å². The second-order valence-electron chi connectivity index (χ2n) is 7.55. The Balaban J connectivity index is 1.51. The van der Waals surface area contributed by atoms with Gasteiger partial charge in [-0.05, 0) is 56.0 Å². The number of aromatic nitrogens is 2. The molecule has 0 radical (unpaired) electrons. The molecule has 31 heavy (non-hydrogen) atoms. The van der Waals surface area contributed by atoms with Gasteiger partial charge in [0.25, 0.3) is 5.69 Å². The molecule has 2 heterocycles. The zero-order chi connectivity index (χ0) is 21.8. The number of hydrogen-bond acceptors (Lipinski definition) is 6. The van der Waals surface area contributed by atoms with Gasteiger partial charge in [-0.3, -0.25) is 14.9 Å². The van der Waals surface area contributed by atoms with Crippen molar-refractivity contribution in [2.75, 3.05) is 6.54 Å². The smallest absolute Gasteiger partial charge is 0.269 e. The number of carbonyl (C=O) groups excluding carboxylic acids is 1. The lowest BCUT2D eigenvalue weighted by molar-refractivity contribution is -0.384. The highest BCUT2D eigenvalue weighted by atomic mass is 16.6. The Kier molecular flexibility index (Phi) is 5.88. The number of non-ortho nitro benzene ring substituents is 1. The van der Waals surface area contributed by atoms with Crippen molar-refractivity contribution in [1.29, 1.82) is 0 Å². The van der Waals surface area contributed by atoms with Gasteiger partial charge in [-0.15, -0.1) is 0 Å². The Morgan fingerprint density at radius 2 is 2.03 bits per heavy atom. The van der Waals surface area contributed by atoms with Crippen molar-refractivity contribution in [3.63, 3.8) is 0 Å². The number of likely N-dealkylation sites (tertiary alicyclic amines) is 1. The SMILES string of the molecule is Cc1cccc(-c2noc([C@@H]3CCCCN3C(=O)/C=C/c3ccc([N+](=O)[O-])cc3)n2)c1. The van der Waals surface area contributed by atoms with Crippen molar-refractivity contribution in [3.05, 3.63) is 81.7 Å². The molecule has 0 spiro atoms. The van der Waals surface area contributed by atoms with Crippen molar-refractivity contribution < 1.29 is 14.2 Å². The third kappa shape index (κ3) is 4.69.